The fourth-order valence-electron chi connectivity index (χ4n) is 5.65. The van der Waals surface area contributed by atoms with Gasteiger partial charge in [-0.05, 0) is 57.2 Å². The van der Waals surface area contributed by atoms with E-state index in [2.05, 4.69) is 14.9 Å². The number of hydrogen-bond donors (Lipinski definition) is 1. The number of nitriles is 1. The van der Waals surface area contributed by atoms with E-state index in [-0.39, 0.29) is 11.5 Å². The summed E-state index contributed by atoms with van der Waals surface area (Å²) in [5, 5.41) is 8.88. The van der Waals surface area contributed by atoms with Gasteiger partial charge in [0.2, 0.25) is 12.2 Å². The lowest BCUT2D eigenvalue weighted by molar-refractivity contribution is 0.0350. The Morgan fingerprint density at radius 3 is 2.43 bits per heavy atom. The highest BCUT2D eigenvalue weighted by atomic mass is 32.2. The Balaban J connectivity index is 1.41. The summed E-state index contributed by atoms with van der Waals surface area (Å²) in [6.07, 6.45) is 16.0. The summed E-state index contributed by atoms with van der Waals surface area (Å²) >= 11 is -2.20. The zero-order valence-electron chi connectivity index (χ0n) is 21.9. The normalized spacial score (nSPS) is 19.1. The quantitative estimate of drug-likeness (QED) is 0.120. The molecule has 11 heteroatoms. The molecule has 2 heterocycles. The number of aliphatic imine (C=N–C) groups is 1. The maximum absolute atomic E-state index is 12.3. The van der Waals surface area contributed by atoms with Crippen LogP contribution in [0.4, 0.5) is 5.69 Å². The number of anilines is 1. The smallest absolute Gasteiger partial charge is 0.211 e. The summed E-state index contributed by atoms with van der Waals surface area (Å²) in [4.78, 5) is 12.0. The third-order valence-corrected chi connectivity index (χ3v) is 8.55. The molecule has 1 saturated carbocycles. The van der Waals surface area contributed by atoms with Crippen molar-refractivity contribution in [3.8, 4) is 6.19 Å². The van der Waals surface area contributed by atoms with Gasteiger partial charge in [-0.1, -0.05) is 32.1 Å². The van der Waals surface area contributed by atoms with Crippen LogP contribution >= 0.6 is 0 Å². The minimum absolute atomic E-state index is 0.178. The molecule has 1 unspecified atom stereocenters. The van der Waals surface area contributed by atoms with E-state index < -0.39 is 11.3 Å². The lowest BCUT2D eigenvalue weighted by Gasteiger charge is -2.43. The number of guanidine groups is 1. The van der Waals surface area contributed by atoms with Gasteiger partial charge < -0.3 is 19.9 Å². The van der Waals surface area contributed by atoms with Crippen molar-refractivity contribution in [3.63, 3.8) is 0 Å². The first kappa shape index (κ1) is 29.5. The van der Waals surface area contributed by atoms with Gasteiger partial charge in [-0.25, -0.2) is 4.31 Å². The van der Waals surface area contributed by atoms with Crippen molar-refractivity contribution in [2.45, 2.75) is 76.2 Å². The molecule has 2 fully saturated rings. The van der Waals surface area contributed by atoms with Gasteiger partial charge in [0, 0.05) is 61.1 Å². The molecule has 1 atom stereocenters. The number of morpholine rings is 1. The number of ether oxygens (including phenoxy) is 1. The first-order valence-electron chi connectivity index (χ1n) is 13.6. The second-order valence-electron chi connectivity index (χ2n) is 10.0. The van der Waals surface area contributed by atoms with E-state index in [0.29, 0.717) is 13.1 Å². The monoisotopic (exact) mass is 532 g/mol. The molecule has 1 aliphatic carbocycles. The number of aromatic nitrogens is 1. The Hall–Kier alpha value is -2.10. The highest BCUT2D eigenvalue weighted by molar-refractivity contribution is 7.76. The Kier molecular flexibility index (Phi) is 12.7. The molecule has 206 valence electrons. The van der Waals surface area contributed by atoms with Crippen LogP contribution in [0.3, 0.4) is 0 Å². The van der Waals surface area contributed by atoms with Crippen LogP contribution < -0.4 is 10.6 Å². The van der Waals surface area contributed by atoms with Crippen LogP contribution in [0.15, 0.2) is 29.5 Å². The molecule has 1 saturated heterocycles. The summed E-state index contributed by atoms with van der Waals surface area (Å²) < 4.78 is 31.8. The van der Waals surface area contributed by atoms with E-state index in [1.807, 2.05) is 17.0 Å². The lowest BCUT2D eigenvalue weighted by atomic mass is 9.91. The molecular weight excluding hydrogens is 490 g/mol. The Labute approximate surface area is 224 Å². The van der Waals surface area contributed by atoms with Gasteiger partial charge in [-0.2, -0.15) is 5.26 Å². The topological polar surface area (TPSA) is 134 Å². The SMILES string of the molecule is N#CN=C(N)N(CCCCCCCN(S(=O)[O-])C1(CCCN2CCOCC2)CCCC1)c1ccncc1. The Morgan fingerprint density at radius 2 is 1.78 bits per heavy atom. The van der Waals surface area contributed by atoms with Crippen LogP contribution in [-0.4, -0.2) is 80.4 Å². The second-order valence-corrected chi connectivity index (χ2v) is 10.9. The fraction of sp³-hybridized carbons (Fsp3) is 0.731. The summed E-state index contributed by atoms with van der Waals surface area (Å²) in [5.41, 5.74) is 6.64. The van der Waals surface area contributed by atoms with Gasteiger partial charge >= 0.3 is 0 Å². The number of pyridine rings is 1. The van der Waals surface area contributed by atoms with E-state index >= 15 is 0 Å². The average Bonchev–Trinajstić information content (AvgIpc) is 3.38. The van der Waals surface area contributed by atoms with E-state index in [0.717, 1.165) is 109 Å². The molecule has 10 nitrogen and oxygen atoms in total. The minimum Gasteiger partial charge on any atom is -0.760 e. The third-order valence-electron chi connectivity index (χ3n) is 7.62. The first-order chi connectivity index (χ1) is 18.1. The van der Waals surface area contributed by atoms with Gasteiger partial charge in [0.25, 0.3) is 0 Å². The van der Waals surface area contributed by atoms with E-state index in [9.17, 15) is 8.76 Å². The summed E-state index contributed by atoms with van der Waals surface area (Å²) in [7, 11) is 0. The predicted octanol–water partition coefficient (Wildman–Crippen LogP) is 3.16. The highest BCUT2D eigenvalue weighted by Crippen LogP contribution is 2.40. The molecule has 37 heavy (non-hydrogen) atoms. The van der Waals surface area contributed by atoms with Crippen LogP contribution in [-0.2, 0) is 16.0 Å². The molecule has 1 aromatic rings. The van der Waals surface area contributed by atoms with Gasteiger partial charge in [0.1, 0.15) is 0 Å². The molecule has 1 aromatic heterocycles. The molecule has 0 radical (unpaired) electrons. The molecule has 2 aliphatic rings. The van der Waals surface area contributed by atoms with Crippen LogP contribution in [0.2, 0.25) is 0 Å². The van der Waals surface area contributed by atoms with Gasteiger partial charge in [0.15, 0.2) is 0 Å². The number of hydrogen-bond acceptors (Lipinski definition) is 7. The fourth-order valence-corrected chi connectivity index (χ4v) is 6.52. The summed E-state index contributed by atoms with van der Waals surface area (Å²) in [5.74, 6) is 0.178. The maximum atomic E-state index is 12.3. The predicted molar refractivity (Wildman–Crippen MR) is 145 cm³/mol. The highest BCUT2D eigenvalue weighted by Gasteiger charge is 2.39. The van der Waals surface area contributed by atoms with Crippen LogP contribution in [0, 0.1) is 11.5 Å². The van der Waals surface area contributed by atoms with Crippen molar-refractivity contribution in [1.82, 2.24) is 14.2 Å². The molecule has 0 spiro atoms. The summed E-state index contributed by atoms with van der Waals surface area (Å²) in [6, 6.07) is 3.69. The Bertz CT molecular complexity index is 884. The third kappa shape index (κ3) is 9.30. The number of nitrogens with two attached hydrogens (primary N) is 1. The second kappa shape index (κ2) is 16.0. The van der Waals surface area contributed by atoms with Gasteiger partial charge in [-0.15, -0.1) is 4.99 Å². The van der Waals surface area contributed by atoms with Crippen molar-refractivity contribution in [1.29, 1.82) is 5.26 Å². The van der Waals surface area contributed by atoms with E-state index in [1.165, 1.54) is 0 Å². The lowest BCUT2D eigenvalue weighted by Crippen LogP contribution is -2.48. The van der Waals surface area contributed by atoms with Crippen molar-refractivity contribution < 1.29 is 13.5 Å². The Morgan fingerprint density at radius 1 is 1.14 bits per heavy atom. The molecule has 0 amide bonds. The van der Waals surface area contributed by atoms with Crippen molar-refractivity contribution in [3.05, 3.63) is 24.5 Å². The van der Waals surface area contributed by atoms with Gasteiger partial charge in [-0.3, -0.25) is 14.1 Å². The molecule has 2 N–H and O–H groups in total. The minimum atomic E-state index is -2.20. The average molecular weight is 533 g/mol. The molecule has 1 aliphatic heterocycles. The van der Waals surface area contributed by atoms with Crippen molar-refractivity contribution in [2.24, 2.45) is 10.7 Å². The molecule has 0 bridgehead atoms. The molecule has 0 aromatic carbocycles. The van der Waals surface area contributed by atoms with Crippen molar-refractivity contribution >= 4 is 22.9 Å². The van der Waals surface area contributed by atoms with Gasteiger partial charge in [0.05, 0.1) is 13.2 Å². The zero-order chi connectivity index (χ0) is 26.3. The maximum Gasteiger partial charge on any atom is 0.211 e. The van der Waals surface area contributed by atoms with Crippen LogP contribution in [0.1, 0.15) is 70.6 Å². The largest absolute Gasteiger partial charge is 0.760 e. The van der Waals surface area contributed by atoms with E-state index in [1.54, 1.807) is 22.9 Å². The number of rotatable bonds is 15. The number of unbranched alkanes of at least 4 members (excludes halogenated alkanes) is 4. The number of nitrogens with zero attached hydrogens (tertiary/aromatic N) is 6. The van der Waals surface area contributed by atoms with Crippen LogP contribution in [0.25, 0.3) is 0 Å². The standard InChI is InChI=1S/C26H43N7O3S/c27-23-30-25(28)32(24-9-14-29-15-10-24)17-6-2-1-3-7-18-33(37(34)35)26(11-4-5-12-26)13-8-16-31-19-21-36-22-20-31/h9-10,14-15H,1-8,11-13,16-22H2,(H2,28,30)(H,34,35)/p-1. The van der Waals surface area contributed by atoms with Crippen LogP contribution in [0.5, 0.6) is 0 Å². The summed E-state index contributed by atoms with van der Waals surface area (Å²) in [6.45, 7) is 5.81. The van der Waals surface area contributed by atoms with E-state index in [4.69, 9.17) is 15.7 Å². The molecular formula is C26H42N7O3S-. The zero-order valence-corrected chi connectivity index (χ0v) is 22.7. The molecule has 3 rings (SSSR count). The first-order valence-corrected chi connectivity index (χ1v) is 14.7. The van der Waals surface area contributed by atoms with Crippen molar-refractivity contribution in [2.75, 3.05) is 50.8 Å².